The first kappa shape index (κ1) is 13.7. The van der Waals surface area contributed by atoms with Crippen LogP contribution >= 0.6 is 11.3 Å². The van der Waals surface area contributed by atoms with Crippen molar-refractivity contribution in [1.82, 2.24) is 9.97 Å². The highest BCUT2D eigenvalue weighted by Crippen LogP contribution is 2.39. The number of nitrogens with one attached hydrogen (secondary N) is 1. The van der Waals surface area contributed by atoms with Gasteiger partial charge in [0, 0.05) is 10.6 Å². The molecule has 1 aliphatic carbocycles. The third-order valence-corrected chi connectivity index (χ3v) is 5.60. The van der Waals surface area contributed by atoms with Gasteiger partial charge < -0.3 is 5.32 Å². The average molecular weight is 309 g/mol. The van der Waals surface area contributed by atoms with Gasteiger partial charge in [-0.2, -0.15) is 0 Å². The van der Waals surface area contributed by atoms with Gasteiger partial charge in [0.1, 0.15) is 17.0 Å². The molecule has 3 nitrogen and oxygen atoms in total. The fourth-order valence-electron chi connectivity index (χ4n) is 3.26. The van der Waals surface area contributed by atoms with Crippen LogP contribution in [0.1, 0.15) is 35.8 Å². The average Bonchev–Trinajstić information content (AvgIpc) is 2.95. The van der Waals surface area contributed by atoms with Crippen molar-refractivity contribution in [1.29, 1.82) is 0 Å². The summed E-state index contributed by atoms with van der Waals surface area (Å²) >= 11 is 1.84. The molecule has 0 radical (unpaired) electrons. The molecule has 0 aliphatic heterocycles. The van der Waals surface area contributed by atoms with E-state index in [0.29, 0.717) is 0 Å². The number of rotatable bonds is 3. The minimum absolute atomic E-state index is 0.963. The number of aromatic nitrogens is 2. The number of hydrogen-bond acceptors (Lipinski definition) is 4. The zero-order valence-electron chi connectivity index (χ0n) is 12.7. The van der Waals surface area contributed by atoms with Gasteiger partial charge in [-0.3, -0.25) is 0 Å². The van der Waals surface area contributed by atoms with Gasteiger partial charge in [-0.1, -0.05) is 25.1 Å². The lowest BCUT2D eigenvalue weighted by molar-refractivity contribution is 0.700. The van der Waals surface area contributed by atoms with Crippen molar-refractivity contribution < 1.29 is 0 Å². The second-order valence-electron chi connectivity index (χ2n) is 5.75. The molecule has 3 aromatic rings. The largest absolute Gasteiger partial charge is 0.339 e. The summed E-state index contributed by atoms with van der Waals surface area (Å²) in [5, 5.41) is 4.80. The summed E-state index contributed by atoms with van der Waals surface area (Å²) in [6.45, 7) is 2.18. The Morgan fingerprint density at radius 1 is 1.14 bits per heavy atom. The molecule has 0 saturated carbocycles. The molecule has 2 aromatic heterocycles. The maximum absolute atomic E-state index is 4.54. The van der Waals surface area contributed by atoms with Gasteiger partial charge in [-0.15, -0.1) is 11.3 Å². The standard InChI is InChI=1S/C18H19N3S/c1-2-12-7-3-5-9-14(12)21-17-16-13-8-4-6-10-15(13)22-18(16)20-11-19-17/h3,5,7,9,11H,2,4,6,8,10H2,1H3,(H,19,20,21). The van der Waals surface area contributed by atoms with Gasteiger partial charge in [0.25, 0.3) is 0 Å². The lowest BCUT2D eigenvalue weighted by Gasteiger charge is -2.14. The van der Waals surface area contributed by atoms with Gasteiger partial charge in [0.05, 0.1) is 5.39 Å². The number of thiophene rings is 1. The van der Waals surface area contributed by atoms with Gasteiger partial charge in [0.15, 0.2) is 0 Å². The van der Waals surface area contributed by atoms with E-state index in [9.17, 15) is 0 Å². The van der Waals surface area contributed by atoms with E-state index >= 15 is 0 Å². The Balaban J connectivity index is 1.83. The summed E-state index contributed by atoms with van der Waals surface area (Å²) in [6, 6.07) is 8.46. The highest BCUT2D eigenvalue weighted by Gasteiger charge is 2.20. The van der Waals surface area contributed by atoms with Crippen LogP contribution in [0, 0.1) is 0 Å². The Morgan fingerprint density at radius 2 is 2.00 bits per heavy atom. The molecule has 0 spiro atoms. The van der Waals surface area contributed by atoms with Gasteiger partial charge in [0.2, 0.25) is 0 Å². The number of nitrogens with zero attached hydrogens (tertiary/aromatic N) is 2. The molecular weight excluding hydrogens is 290 g/mol. The lowest BCUT2D eigenvalue weighted by Crippen LogP contribution is -2.02. The second-order valence-corrected chi connectivity index (χ2v) is 6.83. The van der Waals surface area contributed by atoms with E-state index in [1.807, 2.05) is 11.3 Å². The summed E-state index contributed by atoms with van der Waals surface area (Å²) in [4.78, 5) is 11.7. The van der Waals surface area contributed by atoms with Crippen LogP contribution < -0.4 is 5.32 Å². The third kappa shape index (κ3) is 2.28. The highest BCUT2D eigenvalue weighted by molar-refractivity contribution is 7.19. The van der Waals surface area contributed by atoms with E-state index < -0.39 is 0 Å². The fourth-order valence-corrected chi connectivity index (χ4v) is 4.49. The van der Waals surface area contributed by atoms with Crippen LogP contribution in [-0.4, -0.2) is 9.97 Å². The van der Waals surface area contributed by atoms with Crippen LogP contribution in [0.4, 0.5) is 11.5 Å². The zero-order valence-corrected chi connectivity index (χ0v) is 13.5. The molecule has 0 bridgehead atoms. The first-order chi connectivity index (χ1) is 10.9. The summed E-state index contributed by atoms with van der Waals surface area (Å²) in [5.74, 6) is 0.963. The van der Waals surface area contributed by atoms with Crippen LogP contribution in [0.3, 0.4) is 0 Å². The van der Waals surface area contributed by atoms with Crippen LogP contribution in [0.2, 0.25) is 0 Å². The molecule has 0 atom stereocenters. The van der Waals surface area contributed by atoms with Crippen molar-refractivity contribution in [2.45, 2.75) is 39.0 Å². The van der Waals surface area contributed by atoms with Crippen LogP contribution in [0.15, 0.2) is 30.6 Å². The van der Waals surface area contributed by atoms with Crippen molar-refractivity contribution in [3.05, 3.63) is 46.6 Å². The van der Waals surface area contributed by atoms with Crippen LogP contribution in [0.5, 0.6) is 0 Å². The Hall–Kier alpha value is -1.94. The number of para-hydroxylation sites is 1. The minimum Gasteiger partial charge on any atom is -0.339 e. The molecule has 1 N–H and O–H groups in total. The molecule has 2 heterocycles. The first-order valence-electron chi connectivity index (χ1n) is 7.97. The van der Waals surface area contributed by atoms with E-state index in [-0.39, 0.29) is 0 Å². The van der Waals surface area contributed by atoms with E-state index in [1.165, 1.54) is 40.7 Å². The monoisotopic (exact) mass is 309 g/mol. The van der Waals surface area contributed by atoms with Gasteiger partial charge in [-0.25, -0.2) is 9.97 Å². The smallest absolute Gasteiger partial charge is 0.142 e. The summed E-state index contributed by atoms with van der Waals surface area (Å²) in [5.41, 5.74) is 3.95. The second kappa shape index (κ2) is 5.69. The number of fused-ring (bicyclic) bond motifs is 3. The Labute approximate surface area is 134 Å². The third-order valence-electron chi connectivity index (χ3n) is 4.40. The van der Waals surface area contributed by atoms with Gasteiger partial charge >= 0.3 is 0 Å². The highest BCUT2D eigenvalue weighted by atomic mass is 32.1. The molecule has 112 valence electrons. The van der Waals surface area contributed by atoms with Crippen molar-refractivity contribution >= 4 is 33.1 Å². The van der Waals surface area contributed by atoms with E-state index in [0.717, 1.165) is 29.2 Å². The molecule has 1 aliphatic rings. The SMILES string of the molecule is CCc1ccccc1Nc1ncnc2sc3c(c12)CCCC3. The first-order valence-corrected chi connectivity index (χ1v) is 8.78. The predicted octanol–water partition coefficient (Wildman–Crippen LogP) is 4.88. The zero-order chi connectivity index (χ0) is 14.9. The van der Waals surface area contributed by atoms with Crippen molar-refractivity contribution in [3.63, 3.8) is 0 Å². The Morgan fingerprint density at radius 3 is 2.91 bits per heavy atom. The quantitative estimate of drug-likeness (QED) is 0.749. The number of hydrogen-bond donors (Lipinski definition) is 1. The summed E-state index contributed by atoms with van der Waals surface area (Å²) < 4.78 is 0. The van der Waals surface area contributed by atoms with E-state index in [1.54, 1.807) is 6.33 Å². The topological polar surface area (TPSA) is 37.8 Å². The molecule has 0 saturated heterocycles. The summed E-state index contributed by atoms with van der Waals surface area (Å²) in [7, 11) is 0. The minimum atomic E-state index is 0.963. The molecule has 4 rings (SSSR count). The molecule has 22 heavy (non-hydrogen) atoms. The number of aryl methyl sites for hydroxylation is 3. The van der Waals surface area contributed by atoms with Gasteiger partial charge in [-0.05, 0) is 49.3 Å². The Kier molecular flexibility index (Phi) is 3.54. The summed E-state index contributed by atoms with van der Waals surface area (Å²) in [6.07, 6.45) is 7.63. The maximum Gasteiger partial charge on any atom is 0.142 e. The molecule has 1 aromatic carbocycles. The molecule has 0 amide bonds. The van der Waals surface area contributed by atoms with Crippen LogP contribution in [-0.2, 0) is 19.3 Å². The normalized spacial score (nSPS) is 14.0. The Bertz CT molecular complexity index is 822. The molecule has 0 unspecified atom stereocenters. The fraction of sp³-hybridized carbons (Fsp3) is 0.333. The van der Waals surface area contributed by atoms with Crippen molar-refractivity contribution in [2.75, 3.05) is 5.32 Å². The molecular formula is C18H19N3S. The lowest BCUT2D eigenvalue weighted by atomic mass is 9.97. The molecule has 0 fully saturated rings. The predicted molar refractivity (Wildman–Crippen MR) is 93.2 cm³/mol. The van der Waals surface area contributed by atoms with Crippen molar-refractivity contribution in [3.8, 4) is 0 Å². The number of benzene rings is 1. The van der Waals surface area contributed by atoms with Crippen LogP contribution in [0.25, 0.3) is 10.2 Å². The van der Waals surface area contributed by atoms with E-state index in [2.05, 4.69) is 46.5 Å². The molecule has 4 heteroatoms. The van der Waals surface area contributed by atoms with E-state index in [4.69, 9.17) is 0 Å². The number of anilines is 2. The van der Waals surface area contributed by atoms with Crippen molar-refractivity contribution in [2.24, 2.45) is 0 Å². The maximum atomic E-state index is 4.54.